The molecule has 0 radical (unpaired) electrons. The number of hydrogen-bond acceptors (Lipinski definition) is 3. The Morgan fingerprint density at radius 2 is 1.94 bits per heavy atom. The molecule has 2 aromatic heterocycles. The summed E-state index contributed by atoms with van der Waals surface area (Å²) in [7, 11) is 0. The number of nitrogens with zero attached hydrogens (tertiary/aromatic N) is 1. The zero-order valence-corrected chi connectivity index (χ0v) is 8.29. The maximum atomic E-state index is 10.9. The van der Waals surface area contributed by atoms with Crippen molar-refractivity contribution in [3.05, 3.63) is 58.4 Å². The molecule has 0 aliphatic heterocycles. The molecule has 2 rings (SSSR count). The third kappa shape index (κ3) is 2.20. The number of aromatic nitrogens is 1. The van der Waals surface area contributed by atoms with Gasteiger partial charge in [-0.3, -0.25) is 4.79 Å². The summed E-state index contributed by atoms with van der Waals surface area (Å²) < 4.78 is 6.81. The first-order valence-corrected chi connectivity index (χ1v) is 4.63. The first-order chi connectivity index (χ1) is 7.65. The van der Waals surface area contributed by atoms with Crippen LogP contribution in [0.15, 0.2) is 45.9 Å². The van der Waals surface area contributed by atoms with Gasteiger partial charge in [-0.1, -0.05) is 0 Å². The normalized spacial score (nSPS) is 10.2. The number of carboxylic acid groups (broad SMARTS) is 1. The van der Waals surface area contributed by atoms with E-state index in [-0.39, 0.29) is 11.2 Å². The maximum absolute atomic E-state index is 10.9. The molecule has 5 heteroatoms. The Bertz CT molecular complexity index is 547. The first-order valence-electron chi connectivity index (χ1n) is 4.63. The highest BCUT2D eigenvalue weighted by atomic mass is 16.4. The van der Waals surface area contributed by atoms with Crippen molar-refractivity contribution >= 4 is 5.97 Å². The van der Waals surface area contributed by atoms with E-state index in [9.17, 15) is 9.59 Å². The van der Waals surface area contributed by atoms with Crippen molar-refractivity contribution in [3.63, 3.8) is 0 Å². The lowest BCUT2D eigenvalue weighted by molar-refractivity contribution is 0.0660. The van der Waals surface area contributed by atoms with Crippen LogP contribution in [0.1, 0.15) is 16.3 Å². The van der Waals surface area contributed by atoms with E-state index >= 15 is 0 Å². The lowest BCUT2D eigenvalue weighted by Gasteiger charge is -2.01. The average molecular weight is 219 g/mol. The summed E-state index contributed by atoms with van der Waals surface area (Å²) in [4.78, 5) is 21.4. The second-order valence-corrected chi connectivity index (χ2v) is 3.28. The summed E-state index contributed by atoms with van der Waals surface area (Å²) in [5.74, 6) is -0.650. The Morgan fingerprint density at radius 3 is 2.50 bits per heavy atom. The molecule has 5 nitrogen and oxygen atoms in total. The summed E-state index contributed by atoms with van der Waals surface area (Å²) in [6.07, 6.45) is 3.23. The van der Waals surface area contributed by atoms with Gasteiger partial charge in [0.05, 0.1) is 6.54 Å². The minimum Gasteiger partial charge on any atom is -0.475 e. The van der Waals surface area contributed by atoms with Crippen LogP contribution in [-0.4, -0.2) is 15.6 Å². The van der Waals surface area contributed by atoms with E-state index in [4.69, 9.17) is 9.52 Å². The molecule has 0 aromatic carbocycles. The summed E-state index contributed by atoms with van der Waals surface area (Å²) in [5, 5.41) is 8.66. The van der Waals surface area contributed by atoms with E-state index in [2.05, 4.69) is 0 Å². The van der Waals surface area contributed by atoms with Gasteiger partial charge in [-0.2, -0.15) is 0 Å². The van der Waals surface area contributed by atoms with E-state index in [1.165, 1.54) is 18.2 Å². The summed E-state index contributed by atoms with van der Waals surface area (Å²) in [6.45, 7) is 0.396. The standard InChI is InChI=1S/C11H9NO4/c13-8-3-5-12(6-4-8)7-9-1-2-10(16-9)11(14)15/h1-6H,7H2,(H,14,15). The van der Waals surface area contributed by atoms with Crippen molar-refractivity contribution in [2.75, 3.05) is 0 Å². The van der Waals surface area contributed by atoms with Crippen LogP contribution in [0, 0.1) is 0 Å². The van der Waals surface area contributed by atoms with Crippen LogP contribution in [0.25, 0.3) is 0 Å². The van der Waals surface area contributed by atoms with E-state index in [1.807, 2.05) is 0 Å². The molecule has 0 bridgehead atoms. The molecular weight excluding hydrogens is 210 g/mol. The largest absolute Gasteiger partial charge is 0.475 e. The van der Waals surface area contributed by atoms with Gasteiger partial charge in [0.2, 0.25) is 5.76 Å². The van der Waals surface area contributed by atoms with Crippen molar-refractivity contribution in [2.24, 2.45) is 0 Å². The molecule has 0 saturated carbocycles. The van der Waals surface area contributed by atoms with Crippen LogP contribution >= 0.6 is 0 Å². The van der Waals surface area contributed by atoms with Crippen molar-refractivity contribution in [3.8, 4) is 0 Å². The van der Waals surface area contributed by atoms with Crippen LogP contribution < -0.4 is 5.43 Å². The van der Waals surface area contributed by atoms with Crippen molar-refractivity contribution in [1.82, 2.24) is 4.57 Å². The second kappa shape index (κ2) is 4.06. The molecule has 0 aliphatic carbocycles. The summed E-state index contributed by atoms with van der Waals surface area (Å²) in [6, 6.07) is 5.86. The number of carboxylic acids is 1. The fraction of sp³-hybridized carbons (Fsp3) is 0.0909. The van der Waals surface area contributed by atoms with E-state index in [0.29, 0.717) is 12.3 Å². The lowest BCUT2D eigenvalue weighted by Crippen LogP contribution is -2.04. The third-order valence-corrected chi connectivity index (χ3v) is 2.07. The Labute approximate surface area is 90.6 Å². The zero-order valence-electron chi connectivity index (χ0n) is 8.29. The molecule has 2 aromatic rings. The number of rotatable bonds is 3. The van der Waals surface area contributed by atoms with Crippen molar-refractivity contribution in [2.45, 2.75) is 6.54 Å². The number of aromatic carboxylic acids is 1. The quantitative estimate of drug-likeness (QED) is 0.841. The number of hydrogen-bond donors (Lipinski definition) is 1. The first kappa shape index (κ1) is 10.2. The van der Waals surface area contributed by atoms with E-state index in [0.717, 1.165) is 0 Å². The topological polar surface area (TPSA) is 72.4 Å². The maximum Gasteiger partial charge on any atom is 0.371 e. The SMILES string of the molecule is O=C(O)c1ccc(Cn2ccc(=O)cc2)o1. The molecule has 0 unspecified atom stereocenters. The number of furan rings is 1. The molecule has 0 atom stereocenters. The van der Waals surface area contributed by atoms with Gasteiger partial charge in [-0.25, -0.2) is 4.79 Å². The van der Waals surface area contributed by atoms with Crippen LogP contribution in [0.4, 0.5) is 0 Å². The molecule has 0 aliphatic rings. The second-order valence-electron chi connectivity index (χ2n) is 3.28. The molecule has 0 fully saturated rings. The van der Waals surface area contributed by atoms with Gasteiger partial charge >= 0.3 is 5.97 Å². The minimum absolute atomic E-state index is 0.0677. The van der Waals surface area contributed by atoms with Crippen molar-refractivity contribution in [1.29, 1.82) is 0 Å². The van der Waals surface area contributed by atoms with Gasteiger partial charge in [0, 0.05) is 24.5 Å². The lowest BCUT2D eigenvalue weighted by atomic mass is 10.4. The van der Waals surface area contributed by atoms with Gasteiger partial charge in [0.1, 0.15) is 5.76 Å². The molecule has 2 heterocycles. The zero-order chi connectivity index (χ0) is 11.5. The molecule has 1 N–H and O–H groups in total. The predicted molar refractivity (Wildman–Crippen MR) is 55.5 cm³/mol. The Hall–Kier alpha value is -2.30. The molecule has 16 heavy (non-hydrogen) atoms. The monoisotopic (exact) mass is 219 g/mol. The van der Waals surface area contributed by atoms with Crippen LogP contribution in [-0.2, 0) is 6.54 Å². The van der Waals surface area contributed by atoms with Crippen LogP contribution in [0.2, 0.25) is 0 Å². The van der Waals surface area contributed by atoms with Gasteiger partial charge in [-0.15, -0.1) is 0 Å². The molecule has 0 spiro atoms. The van der Waals surface area contributed by atoms with Crippen LogP contribution in [0.5, 0.6) is 0 Å². The molecular formula is C11H9NO4. The fourth-order valence-electron chi connectivity index (χ4n) is 1.31. The van der Waals surface area contributed by atoms with Crippen LogP contribution in [0.3, 0.4) is 0 Å². The summed E-state index contributed by atoms with van der Waals surface area (Å²) in [5.41, 5.74) is -0.0677. The van der Waals surface area contributed by atoms with Gasteiger partial charge in [0.25, 0.3) is 0 Å². The van der Waals surface area contributed by atoms with E-state index < -0.39 is 5.97 Å². The van der Waals surface area contributed by atoms with Gasteiger partial charge in [-0.05, 0) is 12.1 Å². The average Bonchev–Trinajstić information content (AvgIpc) is 2.70. The number of carbonyl (C=O) groups is 1. The van der Waals surface area contributed by atoms with Crippen molar-refractivity contribution < 1.29 is 14.3 Å². The van der Waals surface area contributed by atoms with Gasteiger partial charge < -0.3 is 14.1 Å². The molecule has 0 saturated heterocycles. The Balaban J connectivity index is 2.17. The molecule has 82 valence electrons. The third-order valence-electron chi connectivity index (χ3n) is 2.07. The highest BCUT2D eigenvalue weighted by molar-refractivity contribution is 5.84. The highest BCUT2D eigenvalue weighted by Crippen LogP contribution is 2.09. The summed E-state index contributed by atoms with van der Waals surface area (Å²) >= 11 is 0. The Morgan fingerprint density at radius 1 is 1.25 bits per heavy atom. The predicted octanol–water partition coefficient (Wildman–Crippen LogP) is 1.19. The minimum atomic E-state index is -1.09. The Kier molecular flexibility index (Phi) is 2.59. The van der Waals surface area contributed by atoms with Gasteiger partial charge in [0.15, 0.2) is 5.43 Å². The smallest absolute Gasteiger partial charge is 0.371 e. The molecule has 0 amide bonds. The highest BCUT2D eigenvalue weighted by Gasteiger charge is 2.08. The number of pyridine rings is 1. The van der Waals surface area contributed by atoms with E-state index in [1.54, 1.807) is 23.0 Å². The fourth-order valence-corrected chi connectivity index (χ4v) is 1.31.